The van der Waals surface area contributed by atoms with Crippen LogP contribution < -0.4 is 0 Å². The van der Waals surface area contributed by atoms with Gasteiger partial charge in [0, 0.05) is 0 Å². The Morgan fingerprint density at radius 1 is 0.944 bits per heavy atom. The lowest BCUT2D eigenvalue weighted by Gasteiger charge is -1.99. The van der Waals surface area contributed by atoms with Gasteiger partial charge in [0.15, 0.2) is 0 Å². The fourth-order valence-electron chi connectivity index (χ4n) is 1.18. The van der Waals surface area contributed by atoms with E-state index in [1.807, 2.05) is 6.07 Å². The molecule has 4 heteroatoms. The molecule has 4 nitrogen and oxygen atoms in total. The molecule has 0 aromatic heterocycles. The van der Waals surface area contributed by atoms with Crippen LogP contribution in [0.2, 0.25) is 0 Å². The largest absolute Gasteiger partial charge is 0.508 e. The van der Waals surface area contributed by atoms with Gasteiger partial charge in [-0.3, -0.25) is 0 Å². The normalized spacial score (nSPS) is 8.94. The number of phenols is 2. The third kappa shape index (κ3) is 4.17. The number of phenolic OH excluding ortho intramolecular Hbond substituents is 2. The topological polar surface area (TPSA) is 66.8 Å². The van der Waals surface area contributed by atoms with E-state index in [1.54, 1.807) is 36.4 Å². The predicted octanol–water partition coefficient (Wildman–Crippen LogP) is 2.57. The first-order chi connectivity index (χ1) is 8.65. The molecular weight excluding hydrogens is 232 g/mol. The number of rotatable bonds is 1. The summed E-state index contributed by atoms with van der Waals surface area (Å²) in [5, 5.41) is 17.7. The molecule has 94 valence electrons. The minimum atomic E-state index is -0.525. The molecular formula is C14H14O4. The predicted molar refractivity (Wildman–Crippen MR) is 67.6 cm³/mol. The van der Waals surface area contributed by atoms with Gasteiger partial charge in [0.05, 0.1) is 7.11 Å². The standard InChI is InChI=1S/C8H8O3.C6H6O/c1-11-8(10)6-4-2-3-5-7(6)9;7-6-4-2-1-3-5-6/h2-5,9H,1H3;1-5,7H. The molecule has 2 aromatic rings. The summed E-state index contributed by atoms with van der Waals surface area (Å²) in [6, 6.07) is 14.9. The lowest BCUT2D eigenvalue weighted by molar-refractivity contribution is 0.0597. The number of para-hydroxylation sites is 2. The molecule has 0 spiro atoms. The van der Waals surface area contributed by atoms with Crippen molar-refractivity contribution < 1.29 is 19.7 Å². The highest BCUT2D eigenvalue weighted by atomic mass is 16.5. The van der Waals surface area contributed by atoms with E-state index >= 15 is 0 Å². The lowest BCUT2D eigenvalue weighted by Crippen LogP contribution is -2.00. The molecule has 0 atom stereocenters. The van der Waals surface area contributed by atoms with Crippen LogP contribution >= 0.6 is 0 Å². The van der Waals surface area contributed by atoms with Crippen LogP contribution in [0.3, 0.4) is 0 Å². The lowest BCUT2D eigenvalue weighted by atomic mass is 10.2. The maximum Gasteiger partial charge on any atom is 0.341 e. The van der Waals surface area contributed by atoms with Gasteiger partial charge in [0.2, 0.25) is 0 Å². The Hall–Kier alpha value is -2.49. The van der Waals surface area contributed by atoms with E-state index in [-0.39, 0.29) is 11.3 Å². The monoisotopic (exact) mass is 246 g/mol. The molecule has 0 saturated carbocycles. The first-order valence-electron chi connectivity index (χ1n) is 5.25. The van der Waals surface area contributed by atoms with Crippen molar-refractivity contribution in [3.8, 4) is 11.5 Å². The van der Waals surface area contributed by atoms with E-state index in [4.69, 9.17) is 10.2 Å². The minimum absolute atomic E-state index is 0.0562. The molecule has 0 fully saturated rings. The first kappa shape index (κ1) is 13.6. The molecule has 0 aliphatic carbocycles. The Bertz CT molecular complexity index is 494. The number of carbonyl (C=O) groups is 1. The molecule has 0 bridgehead atoms. The van der Waals surface area contributed by atoms with E-state index in [0.717, 1.165) is 0 Å². The summed E-state index contributed by atoms with van der Waals surface area (Å²) in [7, 11) is 1.27. The van der Waals surface area contributed by atoms with Crippen molar-refractivity contribution in [2.75, 3.05) is 7.11 Å². The molecule has 0 saturated heterocycles. The van der Waals surface area contributed by atoms with Gasteiger partial charge in [0.25, 0.3) is 0 Å². The number of hydrogen-bond donors (Lipinski definition) is 2. The maximum absolute atomic E-state index is 10.9. The van der Waals surface area contributed by atoms with Crippen molar-refractivity contribution >= 4 is 5.97 Å². The quantitative estimate of drug-likeness (QED) is 0.759. The fraction of sp³-hybridized carbons (Fsp3) is 0.0714. The molecule has 2 rings (SSSR count). The molecule has 18 heavy (non-hydrogen) atoms. The zero-order valence-electron chi connectivity index (χ0n) is 9.91. The molecule has 0 aliphatic heterocycles. The van der Waals surface area contributed by atoms with Gasteiger partial charge in [-0.1, -0.05) is 30.3 Å². The van der Waals surface area contributed by atoms with Crippen LogP contribution in [-0.2, 0) is 4.74 Å². The van der Waals surface area contributed by atoms with Crippen molar-refractivity contribution in [3.05, 3.63) is 60.2 Å². The SMILES string of the molecule is COC(=O)c1ccccc1O.Oc1ccccc1. The van der Waals surface area contributed by atoms with Gasteiger partial charge in [0.1, 0.15) is 17.1 Å². The number of ether oxygens (including phenoxy) is 1. The van der Waals surface area contributed by atoms with Crippen LogP contribution in [0.5, 0.6) is 11.5 Å². The molecule has 0 radical (unpaired) electrons. The third-order valence-corrected chi connectivity index (χ3v) is 2.07. The highest BCUT2D eigenvalue weighted by Crippen LogP contribution is 2.15. The average Bonchev–Trinajstić information content (AvgIpc) is 2.40. The second-order valence-corrected chi connectivity index (χ2v) is 3.34. The first-order valence-corrected chi connectivity index (χ1v) is 5.25. The highest BCUT2D eigenvalue weighted by molar-refractivity contribution is 5.92. The maximum atomic E-state index is 10.9. The van der Waals surface area contributed by atoms with E-state index in [9.17, 15) is 4.79 Å². The molecule has 0 aliphatic rings. The number of esters is 1. The summed E-state index contributed by atoms with van der Waals surface area (Å²) >= 11 is 0. The zero-order chi connectivity index (χ0) is 13.4. The van der Waals surface area contributed by atoms with Crippen LogP contribution in [0, 0.1) is 0 Å². The van der Waals surface area contributed by atoms with Crippen molar-refractivity contribution in [1.29, 1.82) is 0 Å². The van der Waals surface area contributed by atoms with E-state index in [1.165, 1.54) is 19.2 Å². The van der Waals surface area contributed by atoms with Crippen LogP contribution in [0.4, 0.5) is 0 Å². The van der Waals surface area contributed by atoms with Crippen molar-refractivity contribution in [2.45, 2.75) is 0 Å². The summed E-state index contributed by atoms with van der Waals surface area (Å²) in [6.45, 7) is 0. The van der Waals surface area contributed by atoms with E-state index in [0.29, 0.717) is 5.75 Å². The summed E-state index contributed by atoms with van der Waals surface area (Å²) < 4.78 is 4.42. The van der Waals surface area contributed by atoms with Crippen molar-refractivity contribution in [2.24, 2.45) is 0 Å². The van der Waals surface area contributed by atoms with Crippen LogP contribution in [-0.4, -0.2) is 23.3 Å². The third-order valence-electron chi connectivity index (χ3n) is 2.07. The highest BCUT2D eigenvalue weighted by Gasteiger charge is 2.08. The van der Waals surface area contributed by atoms with Crippen molar-refractivity contribution in [1.82, 2.24) is 0 Å². The van der Waals surface area contributed by atoms with Crippen LogP contribution in [0.1, 0.15) is 10.4 Å². The number of methoxy groups -OCH3 is 1. The van der Waals surface area contributed by atoms with Gasteiger partial charge >= 0.3 is 5.97 Å². The number of benzene rings is 2. The van der Waals surface area contributed by atoms with Crippen LogP contribution in [0.15, 0.2) is 54.6 Å². The van der Waals surface area contributed by atoms with Gasteiger partial charge in [-0.25, -0.2) is 4.79 Å². The van der Waals surface area contributed by atoms with E-state index < -0.39 is 5.97 Å². The Balaban J connectivity index is 0.000000199. The van der Waals surface area contributed by atoms with Gasteiger partial charge in [-0.05, 0) is 24.3 Å². The Morgan fingerprint density at radius 2 is 1.50 bits per heavy atom. The summed E-state index contributed by atoms with van der Waals surface area (Å²) in [6.07, 6.45) is 0. The van der Waals surface area contributed by atoms with Crippen molar-refractivity contribution in [3.63, 3.8) is 0 Å². The minimum Gasteiger partial charge on any atom is -0.508 e. The van der Waals surface area contributed by atoms with Gasteiger partial charge in [-0.15, -0.1) is 0 Å². The average molecular weight is 246 g/mol. The Morgan fingerprint density at radius 3 is 1.94 bits per heavy atom. The second-order valence-electron chi connectivity index (χ2n) is 3.34. The van der Waals surface area contributed by atoms with Crippen LogP contribution in [0.25, 0.3) is 0 Å². The summed E-state index contributed by atoms with van der Waals surface area (Å²) in [5.74, 6) is -0.259. The number of aromatic hydroxyl groups is 2. The molecule has 0 unspecified atom stereocenters. The Kier molecular flexibility index (Phi) is 5.25. The smallest absolute Gasteiger partial charge is 0.341 e. The fourth-order valence-corrected chi connectivity index (χ4v) is 1.18. The summed E-state index contributed by atoms with van der Waals surface area (Å²) in [4.78, 5) is 10.9. The zero-order valence-corrected chi connectivity index (χ0v) is 9.91. The van der Waals surface area contributed by atoms with Gasteiger partial charge in [-0.2, -0.15) is 0 Å². The van der Waals surface area contributed by atoms with E-state index in [2.05, 4.69) is 4.74 Å². The summed E-state index contributed by atoms with van der Waals surface area (Å²) in [5.41, 5.74) is 0.190. The second kappa shape index (κ2) is 6.96. The molecule has 2 N–H and O–H groups in total. The molecule has 0 amide bonds. The van der Waals surface area contributed by atoms with Gasteiger partial charge < -0.3 is 14.9 Å². The number of carbonyl (C=O) groups excluding carboxylic acids is 1. The Labute approximate surface area is 105 Å². The number of hydrogen-bond acceptors (Lipinski definition) is 4. The molecule has 2 aromatic carbocycles. The molecule has 0 heterocycles.